The number of ketones is 2. The normalized spacial score (nSPS) is 42.7. The average Bonchev–Trinajstić information content (AvgIpc) is 2.95. The van der Waals surface area contributed by atoms with Gasteiger partial charge in [-0.15, -0.1) is 0 Å². The van der Waals surface area contributed by atoms with E-state index in [2.05, 4.69) is 40.7 Å². The summed E-state index contributed by atoms with van der Waals surface area (Å²) in [6.45, 7) is 15.8. The predicted molar refractivity (Wildman–Crippen MR) is 165 cm³/mol. The van der Waals surface area contributed by atoms with Gasteiger partial charge >= 0.3 is 5.97 Å². The molecule has 0 N–H and O–H groups in total. The molecule has 8 atom stereocenters. The van der Waals surface area contributed by atoms with E-state index in [0.717, 1.165) is 50.5 Å². The van der Waals surface area contributed by atoms with Crippen molar-refractivity contribution < 1.29 is 19.1 Å². The standard InChI is InChI=1S/C38H49NO4/c1-33(2)15-17-38(32(42)43-23-24-11-9-8-10-12-24)18-16-37(7)30(26(38)21-33)27(40)19-29-35(5)20-25(22-39)31(41)34(3,4)28(35)13-14-36(29,37)6/h8-12,20,26,28-30H,13-19,21,23H2,1-7H3/t26?,28-,29+,30?,35-,36+,37+,38-/m0/s1. The van der Waals surface area contributed by atoms with Crippen molar-refractivity contribution in [1.29, 1.82) is 5.26 Å². The summed E-state index contributed by atoms with van der Waals surface area (Å²) in [6, 6.07) is 12.1. The van der Waals surface area contributed by atoms with Gasteiger partial charge in [-0.3, -0.25) is 14.4 Å². The monoisotopic (exact) mass is 583 g/mol. The van der Waals surface area contributed by atoms with E-state index in [1.165, 1.54) is 0 Å². The van der Waals surface area contributed by atoms with E-state index in [4.69, 9.17) is 4.74 Å². The Morgan fingerprint density at radius 3 is 2.26 bits per heavy atom. The Balaban J connectivity index is 1.40. The lowest BCUT2D eigenvalue weighted by Crippen LogP contribution is -2.69. The molecule has 0 saturated heterocycles. The summed E-state index contributed by atoms with van der Waals surface area (Å²) < 4.78 is 6.10. The molecule has 0 spiro atoms. The largest absolute Gasteiger partial charge is 0.460 e. The van der Waals surface area contributed by atoms with Gasteiger partial charge < -0.3 is 4.74 Å². The number of ether oxygens (including phenoxy) is 1. The molecule has 5 heteroatoms. The Bertz CT molecular complexity index is 1430. The van der Waals surface area contributed by atoms with Gasteiger partial charge in [-0.25, -0.2) is 0 Å². The number of hydrogen-bond donors (Lipinski definition) is 0. The number of Topliss-reactive ketones (excluding diaryl/α,β-unsaturated/α-hetero) is 2. The molecule has 5 nitrogen and oxygen atoms in total. The van der Waals surface area contributed by atoms with Gasteiger partial charge in [-0.1, -0.05) is 84.9 Å². The predicted octanol–water partition coefficient (Wildman–Crippen LogP) is 8.03. The molecule has 0 aliphatic heterocycles. The fraction of sp³-hybridized carbons (Fsp3) is 0.684. The second-order valence-electron chi connectivity index (χ2n) is 16.9. The Hall–Kier alpha value is -2.74. The molecule has 43 heavy (non-hydrogen) atoms. The molecule has 5 aliphatic carbocycles. The molecule has 0 amide bonds. The molecule has 1 aromatic carbocycles. The molecule has 5 aliphatic rings. The summed E-state index contributed by atoms with van der Waals surface area (Å²) >= 11 is 0. The number of nitrogens with zero attached hydrogens (tertiary/aromatic N) is 1. The smallest absolute Gasteiger partial charge is 0.312 e. The first-order valence-electron chi connectivity index (χ1n) is 16.5. The van der Waals surface area contributed by atoms with Crippen LogP contribution in [0.15, 0.2) is 42.0 Å². The van der Waals surface area contributed by atoms with Crippen LogP contribution in [0.2, 0.25) is 0 Å². The summed E-state index contributed by atoms with van der Waals surface area (Å²) in [4.78, 5) is 42.3. The van der Waals surface area contributed by atoms with Crippen LogP contribution in [0.1, 0.15) is 105 Å². The Morgan fingerprint density at radius 2 is 1.58 bits per heavy atom. The van der Waals surface area contributed by atoms with Crippen LogP contribution in [0.3, 0.4) is 0 Å². The molecule has 0 heterocycles. The Kier molecular flexibility index (Phi) is 6.78. The number of esters is 1. The first-order valence-corrected chi connectivity index (χ1v) is 16.5. The lowest BCUT2D eigenvalue weighted by molar-refractivity contribution is -0.227. The topological polar surface area (TPSA) is 84.2 Å². The van der Waals surface area contributed by atoms with Crippen LogP contribution in [-0.4, -0.2) is 17.5 Å². The lowest BCUT2D eigenvalue weighted by atomic mass is 9.31. The van der Waals surface area contributed by atoms with Crippen molar-refractivity contribution in [2.75, 3.05) is 0 Å². The molecule has 0 bridgehead atoms. The second kappa shape index (κ2) is 9.63. The van der Waals surface area contributed by atoms with E-state index in [9.17, 15) is 19.6 Å². The zero-order valence-corrected chi connectivity index (χ0v) is 27.2. The summed E-state index contributed by atoms with van der Waals surface area (Å²) in [6.07, 6.45) is 8.37. The fourth-order valence-electron chi connectivity index (χ4n) is 11.5. The highest BCUT2D eigenvalue weighted by atomic mass is 16.5. The first-order chi connectivity index (χ1) is 20.1. The van der Waals surface area contributed by atoms with Crippen LogP contribution in [-0.2, 0) is 25.7 Å². The quantitative estimate of drug-likeness (QED) is 0.336. The molecule has 0 aromatic heterocycles. The number of allylic oxidation sites excluding steroid dienone is 2. The lowest BCUT2D eigenvalue weighted by Gasteiger charge is -2.71. The van der Waals surface area contributed by atoms with Crippen molar-refractivity contribution in [2.45, 2.75) is 106 Å². The van der Waals surface area contributed by atoms with E-state index < -0.39 is 16.2 Å². The molecule has 0 radical (unpaired) electrons. The minimum absolute atomic E-state index is 0.0392. The van der Waals surface area contributed by atoms with Crippen molar-refractivity contribution in [3.63, 3.8) is 0 Å². The molecular weight excluding hydrogens is 534 g/mol. The summed E-state index contributed by atoms with van der Waals surface area (Å²) in [5, 5.41) is 9.97. The van der Waals surface area contributed by atoms with E-state index in [0.29, 0.717) is 6.42 Å². The van der Waals surface area contributed by atoms with Crippen LogP contribution in [0.5, 0.6) is 0 Å². The maximum Gasteiger partial charge on any atom is 0.312 e. The molecule has 4 fully saturated rings. The van der Waals surface area contributed by atoms with E-state index in [1.54, 1.807) is 0 Å². The van der Waals surface area contributed by atoms with Crippen molar-refractivity contribution in [1.82, 2.24) is 0 Å². The molecule has 6 rings (SSSR count). The Morgan fingerprint density at radius 1 is 0.907 bits per heavy atom. The van der Waals surface area contributed by atoms with Gasteiger partial charge in [0, 0.05) is 17.8 Å². The molecule has 4 saturated carbocycles. The van der Waals surface area contributed by atoms with Crippen LogP contribution >= 0.6 is 0 Å². The number of nitriles is 1. The van der Waals surface area contributed by atoms with Crippen LogP contribution in [0.25, 0.3) is 0 Å². The highest BCUT2D eigenvalue weighted by Crippen LogP contribution is 2.75. The van der Waals surface area contributed by atoms with Crippen molar-refractivity contribution in [2.24, 2.45) is 56.2 Å². The minimum Gasteiger partial charge on any atom is -0.460 e. The van der Waals surface area contributed by atoms with Gasteiger partial charge in [0.2, 0.25) is 0 Å². The number of benzene rings is 1. The Labute approximate surface area is 257 Å². The zero-order chi connectivity index (χ0) is 31.2. The third kappa shape index (κ3) is 4.10. The zero-order valence-electron chi connectivity index (χ0n) is 27.2. The van der Waals surface area contributed by atoms with E-state index >= 15 is 0 Å². The number of rotatable bonds is 3. The number of fused-ring (bicyclic) bond motifs is 7. The average molecular weight is 584 g/mol. The second-order valence-corrected chi connectivity index (χ2v) is 16.9. The number of carbonyl (C=O) groups is 3. The molecule has 2 unspecified atom stereocenters. The highest BCUT2D eigenvalue weighted by molar-refractivity contribution is 6.04. The van der Waals surface area contributed by atoms with Gasteiger partial charge in [0.1, 0.15) is 18.5 Å². The van der Waals surface area contributed by atoms with Crippen LogP contribution in [0.4, 0.5) is 0 Å². The maximum atomic E-state index is 14.7. The van der Waals surface area contributed by atoms with Gasteiger partial charge in [-0.2, -0.15) is 5.26 Å². The molecule has 1 aromatic rings. The minimum atomic E-state index is -0.645. The third-order valence-electron chi connectivity index (χ3n) is 14.1. The van der Waals surface area contributed by atoms with Crippen molar-refractivity contribution >= 4 is 17.5 Å². The van der Waals surface area contributed by atoms with Gasteiger partial charge in [0.05, 0.1) is 11.0 Å². The van der Waals surface area contributed by atoms with Gasteiger partial charge in [0.15, 0.2) is 5.78 Å². The molecular formula is C38H49NO4. The van der Waals surface area contributed by atoms with Gasteiger partial charge in [-0.05, 0) is 89.9 Å². The highest BCUT2D eigenvalue weighted by Gasteiger charge is 2.73. The summed E-state index contributed by atoms with van der Waals surface area (Å²) in [5.74, 6) is -0.0434. The number of hydrogen-bond acceptors (Lipinski definition) is 5. The summed E-state index contributed by atoms with van der Waals surface area (Å²) in [7, 11) is 0. The fourth-order valence-corrected chi connectivity index (χ4v) is 11.5. The van der Waals surface area contributed by atoms with Gasteiger partial charge in [0.25, 0.3) is 0 Å². The maximum absolute atomic E-state index is 14.7. The number of carbonyl (C=O) groups excluding carboxylic acids is 3. The van der Waals surface area contributed by atoms with Crippen LogP contribution in [0, 0.1) is 67.5 Å². The van der Waals surface area contributed by atoms with E-state index in [-0.39, 0.29) is 69.6 Å². The summed E-state index contributed by atoms with van der Waals surface area (Å²) in [5.41, 5.74) is -0.866. The molecule has 230 valence electrons. The third-order valence-corrected chi connectivity index (χ3v) is 14.1. The SMILES string of the molecule is CC1(C)CC[C@]2(C(=O)OCc3ccccc3)CC[C@]3(C)C(C(=O)C[C@@H]4[C@@]5(C)C=C(C#N)C(=O)C(C)(C)[C@@H]5CC[C@]43C)C2C1. The van der Waals surface area contributed by atoms with Crippen molar-refractivity contribution in [3.8, 4) is 6.07 Å². The first kappa shape index (κ1) is 30.3. The van der Waals surface area contributed by atoms with Crippen molar-refractivity contribution in [3.05, 3.63) is 47.5 Å². The van der Waals surface area contributed by atoms with E-state index in [1.807, 2.05) is 50.3 Å². The van der Waals surface area contributed by atoms with Crippen LogP contribution < -0.4 is 0 Å².